The first-order chi connectivity index (χ1) is 12.7. The fourth-order valence-electron chi connectivity index (χ4n) is 3.30. The fourth-order valence-corrected chi connectivity index (χ4v) is 4.46. The van der Waals surface area contributed by atoms with Gasteiger partial charge in [-0.3, -0.25) is 4.79 Å². The lowest BCUT2D eigenvalue weighted by Gasteiger charge is -2.24. The highest BCUT2D eigenvalue weighted by Crippen LogP contribution is 2.46. The lowest BCUT2D eigenvalue weighted by Crippen LogP contribution is -2.22. The molecule has 2 heterocycles. The molecule has 4 rings (SSSR count). The summed E-state index contributed by atoms with van der Waals surface area (Å²) in [6, 6.07) is 14.3. The van der Waals surface area contributed by atoms with E-state index in [1.54, 1.807) is 23.5 Å². The van der Waals surface area contributed by atoms with E-state index in [0.717, 1.165) is 33.0 Å². The van der Waals surface area contributed by atoms with Gasteiger partial charge in [0.05, 0.1) is 12.3 Å². The number of anilines is 1. The minimum Gasteiger partial charge on any atom is -0.494 e. The van der Waals surface area contributed by atoms with Gasteiger partial charge in [-0.25, -0.2) is 4.39 Å². The Labute approximate surface area is 155 Å². The van der Waals surface area contributed by atoms with Crippen molar-refractivity contribution in [3.63, 3.8) is 0 Å². The van der Waals surface area contributed by atoms with Crippen LogP contribution in [0.15, 0.2) is 53.9 Å². The largest absolute Gasteiger partial charge is 0.494 e. The second-order valence-electron chi connectivity index (χ2n) is 6.20. The molecule has 1 aliphatic rings. The summed E-state index contributed by atoms with van der Waals surface area (Å²) in [5, 5.41) is 5.04. The lowest BCUT2D eigenvalue weighted by molar-refractivity contribution is -0.116. The van der Waals surface area contributed by atoms with Crippen molar-refractivity contribution < 1.29 is 13.9 Å². The Morgan fingerprint density at radius 2 is 1.88 bits per heavy atom. The van der Waals surface area contributed by atoms with E-state index < -0.39 is 0 Å². The summed E-state index contributed by atoms with van der Waals surface area (Å²) in [6.45, 7) is 2.58. The van der Waals surface area contributed by atoms with E-state index in [1.165, 1.54) is 12.1 Å². The molecular formula is C21H18FNO2S. The van der Waals surface area contributed by atoms with Crippen LogP contribution in [0.5, 0.6) is 5.75 Å². The second kappa shape index (κ2) is 6.92. The summed E-state index contributed by atoms with van der Waals surface area (Å²) in [6.07, 6.45) is 0.421. The van der Waals surface area contributed by atoms with Gasteiger partial charge in [0, 0.05) is 28.2 Å². The molecule has 1 atom stereocenters. The van der Waals surface area contributed by atoms with Crippen LogP contribution in [0.3, 0.4) is 0 Å². The average Bonchev–Trinajstić information content (AvgIpc) is 3.06. The molecule has 0 saturated heterocycles. The maximum atomic E-state index is 13.2. The molecule has 1 aromatic heterocycles. The minimum absolute atomic E-state index is 0.00172. The molecule has 1 aliphatic heterocycles. The molecule has 1 amide bonds. The number of amides is 1. The quantitative estimate of drug-likeness (QED) is 0.668. The van der Waals surface area contributed by atoms with Crippen molar-refractivity contribution in [2.75, 3.05) is 11.9 Å². The van der Waals surface area contributed by atoms with Crippen molar-refractivity contribution in [2.45, 2.75) is 19.3 Å². The van der Waals surface area contributed by atoms with Crippen LogP contribution < -0.4 is 10.1 Å². The standard InChI is InChI=1S/C21H18FNO2S/c1-2-25-16-9-5-13(6-10-16)17-11-19(24)23-20-18(12-26-21(17)20)14-3-7-15(22)8-4-14/h3-10,12,17H,2,11H2,1H3,(H,23,24). The Kier molecular flexibility index (Phi) is 4.47. The minimum atomic E-state index is -0.269. The summed E-state index contributed by atoms with van der Waals surface area (Å²) >= 11 is 1.63. The molecule has 5 heteroatoms. The van der Waals surface area contributed by atoms with Gasteiger partial charge in [-0.1, -0.05) is 24.3 Å². The molecule has 0 radical (unpaired) electrons. The van der Waals surface area contributed by atoms with E-state index in [0.29, 0.717) is 13.0 Å². The van der Waals surface area contributed by atoms with E-state index >= 15 is 0 Å². The van der Waals surface area contributed by atoms with Crippen LogP contribution in [-0.2, 0) is 4.79 Å². The summed E-state index contributed by atoms with van der Waals surface area (Å²) < 4.78 is 18.7. The van der Waals surface area contributed by atoms with Gasteiger partial charge in [0.1, 0.15) is 11.6 Å². The van der Waals surface area contributed by atoms with Crippen LogP contribution in [0, 0.1) is 5.82 Å². The third-order valence-corrected chi connectivity index (χ3v) is 5.63. The Morgan fingerprint density at radius 3 is 2.58 bits per heavy atom. The summed E-state index contributed by atoms with van der Waals surface area (Å²) in [5.41, 5.74) is 3.78. The predicted molar refractivity (Wildman–Crippen MR) is 102 cm³/mol. The zero-order valence-corrected chi connectivity index (χ0v) is 15.1. The van der Waals surface area contributed by atoms with Gasteiger partial charge in [-0.05, 0) is 42.3 Å². The van der Waals surface area contributed by atoms with Gasteiger partial charge < -0.3 is 10.1 Å². The van der Waals surface area contributed by atoms with Crippen molar-refractivity contribution in [1.29, 1.82) is 0 Å². The number of halogens is 1. The van der Waals surface area contributed by atoms with E-state index in [1.807, 2.05) is 36.6 Å². The normalized spacial score (nSPS) is 16.1. The van der Waals surface area contributed by atoms with Crippen molar-refractivity contribution in [3.05, 3.63) is 70.2 Å². The first kappa shape index (κ1) is 16.8. The molecule has 0 saturated carbocycles. The maximum absolute atomic E-state index is 13.2. The number of fused-ring (bicyclic) bond motifs is 1. The SMILES string of the molecule is CCOc1ccc(C2CC(=O)Nc3c(-c4ccc(F)cc4)csc32)cc1. The zero-order valence-electron chi connectivity index (χ0n) is 14.3. The lowest BCUT2D eigenvalue weighted by atomic mass is 9.89. The molecule has 132 valence electrons. The molecule has 1 unspecified atom stereocenters. The molecule has 2 aromatic carbocycles. The van der Waals surface area contributed by atoms with E-state index in [2.05, 4.69) is 5.32 Å². The number of benzene rings is 2. The molecule has 26 heavy (non-hydrogen) atoms. The fraction of sp³-hybridized carbons (Fsp3) is 0.190. The van der Waals surface area contributed by atoms with Gasteiger partial charge in [0.15, 0.2) is 0 Å². The molecular weight excluding hydrogens is 349 g/mol. The first-order valence-corrected chi connectivity index (χ1v) is 9.43. The Balaban J connectivity index is 1.72. The maximum Gasteiger partial charge on any atom is 0.225 e. The van der Waals surface area contributed by atoms with Crippen molar-refractivity contribution in [1.82, 2.24) is 0 Å². The number of ether oxygens (including phenoxy) is 1. The van der Waals surface area contributed by atoms with Crippen LogP contribution in [0.25, 0.3) is 11.1 Å². The molecule has 3 nitrogen and oxygen atoms in total. The topological polar surface area (TPSA) is 38.3 Å². The van der Waals surface area contributed by atoms with Crippen LogP contribution in [0.2, 0.25) is 0 Å². The smallest absolute Gasteiger partial charge is 0.225 e. The van der Waals surface area contributed by atoms with E-state index in [-0.39, 0.29) is 17.6 Å². The number of rotatable bonds is 4. The number of nitrogens with one attached hydrogen (secondary N) is 1. The van der Waals surface area contributed by atoms with Crippen molar-refractivity contribution >= 4 is 22.9 Å². The average molecular weight is 367 g/mol. The highest BCUT2D eigenvalue weighted by Gasteiger charge is 2.30. The summed E-state index contributed by atoms with van der Waals surface area (Å²) in [7, 11) is 0. The van der Waals surface area contributed by atoms with Crippen LogP contribution in [-0.4, -0.2) is 12.5 Å². The van der Waals surface area contributed by atoms with Crippen LogP contribution in [0.1, 0.15) is 29.7 Å². The highest BCUT2D eigenvalue weighted by molar-refractivity contribution is 7.11. The first-order valence-electron chi connectivity index (χ1n) is 8.55. The molecule has 1 N–H and O–H groups in total. The van der Waals surface area contributed by atoms with Crippen molar-refractivity contribution in [3.8, 4) is 16.9 Å². The summed E-state index contributed by atoms with van der Waals surface area (Å²) in [5.74, 6) is 0.579. The third-order valence-electron chi connectivity index (χ3n) is 4.54. The van der Waals surface area contributed by atoms with Gasteiger partial charge >= 0.3 is 0 Å². The molecule has 0 aliphatic carbocycles. The number of hydrogen-bond acceptors (Lipinski definition) is 3. The predicted octanol–water partition coefficient (Wildman–Crippen LogP) is 5.43. The third kappa shape index (κ3) is 3.10. The number of hydrogen-bond donors (Lipinski definition) is 1. The molecule has 0 fully saturated rings. The number of carbonyl (C=O) groups is 1. The Morgan fingerprint density at radius 1 is 1.15 bits per heavy atom. The van der Waals surface area contributed by atoms with E-state index in [4.69, 9.17) is 4.74 Å². The van der Waals surface area contributed by atoms with Gasteiger partial charge in [0.2, 0.25) is 5.91 Å². The monoisotopic (exact) mass is 367 g/mol. The number of carbonyl (C=O) groups excluding carboxylic acids is 1. The van der Waals surface area contributed by atoms with Crippen molar-refractivity contribution in [2.24, 2.45) is 0 Å². The highest BCUT2D eigenvalue weighted by atomic mass is 32.1. The Bertz CT molecular complexity index is 932. The van der Waals surface area contributed by atoms with Gasteiger partial charge in [-0.15, -0.1) is 11.3 Å². The van der Waals surface area contributed by atoms with Gasteiger partial charge in [0.25, 0.3) is 0 Å². The van der Waals surface area contributed by atoms with Gasteiger partial charge in [-0.2, -0.15) is 0 Å². The van der Waals surface area contributed by atoms with E-state index in [9.17, 15) is 9.18 Å². The second-order valence-corrected chi connectivity index (χ2v) is 7.11. The molecule has 0 spiro atoms. The van der Waals surface area contributed by atoms with Crippen LogP contribution >= 0.6 is 11.3 Å². The molecule has 0 bridgehead atoms. The van der Waals surface area contributed by atoms with Crippen LogP contribution in [0.4, 0.5) is 10.1 Å². The summed E-state index contributed by atoms with van der Waals surface area (Å²) in [4.78, 5) is 13.5. The Hall–Kier alpha value is -2.66. The zero-order chi connectivity index (χ0) is 18.1. The number of thiophene rings is 1. The molecule has 3 aromatic rings.